The Labute approximate surface area is 104 Å². The van der Waals surface area contributed by atoms with E-state index in [-0.39, 0.29) is 5.03 Å². The minimum atomic E-state index is -3.45. The fourth-order valence-electron chi connectivity index (χ4n) is 1.16. The van der Waals surface area contributed by atoms with Crippen molar-refractivity contribution >= 4 is 26.0 Å². The van der Waals surface area contributed by atoms with Crippen LogP contribution >= 0.6 is 15.9 Å². The molecule has 1 N–H and O–H groups in total. The summed E-state index contributed by atoms with van der Waals surface area (Å²) in [6.45, 7) is 2.47. The molecular weight excluding hydrogens is 294 g/mol. The molecule has 0 aliphatic carbocycles. The van der Waals surface area contributed by atoms with Gasteiger partial charge in [0.25, 0.3) is 10.0 Å². The highest BCUT2D eigenvalue weighted by Crippen LogP contribution is 2.09. The van der Waals surface area contributed by atoms with Gasteiger partial charge in [0.1, 0.15) is 0 Å². The van der Waals surface area contributed by atoms with Crippen LogP contribution in [0.3, 0.4) is 0 Å². The SMILES string of the molecule is CCC(Br)CCNS(=O)(=O)c1cn(C)cn1. The molecule has 0 aliphatic rings. The maximum Gasteiger partial charge on any atom is 0.259 e. The highest BCUT2D eigenvalue weighted by molar-refractivity contribution is 9.09. The standard InChI is InChI=1S/C9H16BrN3O2S/c1-3-8(10)4-5-12-16(14,15)9-6-13(2)7-11-9/h6-8,12H,3-5H2,1-2H3. The van der Waals surface area contributed by atoms with Crippen LogP contribution in [0, 0.1) is 0 Å². The molecule has 5 nitrogen and oxygen atoms in total. The number of nitrogens with one attached hydrogen (secondary N) is 1. The van der Waals surface area contributed by atoms with Crippen molar-refractivity contribution in [1.82, 2.24) is 14.3 Å². The second-order valence-electron chi connectivity index (χ2n) is 3.57. The average molecular weight is 310 g/mol. The molecule has 0 bridgehead atoms. The lowest BCUT2D eigenvalue weighted by atomic mass is 10.2. The topological polar surface area (TPSA) is 64.0 Å². The molecule has 0 saturated carbocycles. The van der Waals surface area contributed by atoms with Crippen molar-refractivity contribution in [2.45, 2.75) is 29.6 Å². The van der Waals surface area contributed by atoms with E-state index in [9.17, 15) is 8.42 Å². The van der Waals surface area contributed by atoms with E-state index in [1.165, 1.54) is 12.5 Å². The third-order valence-corrected chi connectivity index (χ3v) is 4.60. The normalized spacial score (nSPS) is 13.9. The number of hydrogen-bond donors (Lipinski definition) is 1. The summed E-state index contributed by atoms with van der Waals surface area (Å²) in [6.07, 6.45) is 4.69. The van der Waals surface area contributed by atoms with Gasteiger partial charge in [-0.05, 0) is 12.8 Å². The van der Waals surface area contributed by atoms with Crippen molar-refractivity contribution in [2.75, 3.05) is 6.54 Å². The molecule has 1 rings (SSSR count). The van der Waals surface area contributed by atoms with E-state index in [0.717, 1.165) is 12.8 Å². The summed E-state index contributed by atoms with van der Waals surface area (Å²) < 4.78 is 27.6. The van der Waals surface area contributed by atoms with Gasteiger partial charge in [-0.2, -0.15) is 0 Å². The van der Waals surface area contributed by atoms with Gasteiger partial charge in [0, 0.05) is 24.6 Å². The summed E-state index contributed by atoms with van der Waals surface area (Å²) in [5, 5.41) is 0.0672. The minimum absolute atomic E-state index is 0.0672. The van der Waals surface area contributed by atoms with Gasteiger partial charge in [-0.1, -0.05) is 22.9 Å². The largest absolute Gasteiger partial charge is 0.339 e. The number of hydrogen-bond acceptors (Lipinski definition) is 3. The maximum atomic E-state index is 11.7. The molecule has 0 aliphatic heterocycles. The lowest BCUT2D eigenvalue weighted by Crippen LogP contribution is -2.26. The number of imidazole rings is 1. The smallest absolute Gasteiger partial charge is 0.259 e. The first-order valence-corrected chi connectivity index (χ1v) is 7.47. The third kappa shape index (κ3) is 3.88. The Kier molecular flexibility index (Phi) is 4.94. The van der Waals surface area contributed by atoms with E-state index in [2.05, 4.69) is 25.6 Å². The summed E-state index contributed by atoms with van der Waals surface area (Å²) in [6, 6.07) is 0. The lowest BCUT2D eigenvalue weighted by Gasteiger charge is -2.07. The predicted molar refractivity (Wildman–Crippen MR) is 66.0 cm³/mol. The Bertz CT molecular complexity index is 430. The van der Waals surface area contributed by atoms with Crippen LogP contribution in [0.25, 0.3) is 0 Å². The number of halogens is 1. The molecule has 1 atom stereocenters. The molecule has 7 heteroatoms. The van der Waals surface area contributed by atoms with Gasteiger partial charge in [0.2, 0.25) is 0 Å². The summed E-state index contributed by atoms with van der Waals surface area (Å²) in [5.41, 5.74) is 0. The average Bonchev–Trinajstić information content (AvgIpc) is 2.65. The monoisotopic (exact) mass is 309 g/mol. The molecule has 1 heterocycles. The van der Waals surface area contributed by atoms with Crippen LogP contribution < -0.4 is 4.72 Å². The fourth-order valence-corrected chi connectivity index (χ4v) is 2.41. The van der Waals surface area contributed by atoms with E-state index < -0.39 is 10.0 Å². The van der Waals surface area contributed by atoms with Crippen LogP contribution in [0.1, 0.15) is 19.8 Å². The molecule has 1 aromatic heterocycles. The van der Waals surface area contributed by atoms with Crippen molar-refractivity contribution in [2.24, 2.45) is 7.05 Å². The quantitative estimate of drug-likeness (QED) is 0.805. The van der Waals surface area contributed by atoms with E-state index in [1.54, 1.807) is 11.6 Å². The summed E-state index contributed by atoms with van der Waals surface area (Å²) >= 11 is 3.45. The summed E-state index contributed by atoms with van der Waals surface area (Å²) in [5.74, 6) is 0. The van der Waals surface area contributed by atoms with Crippen LogP contribution in [-0.4, -0.2) is 29.3 Å². The van der Waals surface area contributed by atoms with Crippen LogP contribution in [0.2, 0.25) is 0 Å². The molecule has 1 unspecified atom stereocenters. The zero-order valence-corrected chi connectivity index (χ0v) is 11.8. The Hall–Kier alpha value is -0.400. The predicted octanol–water partition coefficient (Wildman–Crippen LogP) is 1.26. The Morgan fingerprint density at radius 3 is 2.81 bits per heavy atom. The van der Waals surface area contributed by atoms with Crippen LogP contribution in [0.5, 0.6) is 0 Å². The van der Waals surface area contributed by atoms with Gasteiger partial charge >= 0.3 is 0 Å². The number of alkyl halides is 1. The Morgan fingerprint density at radius 1 is 1.62 bits per heavy atom. The molecule has 0 spiro atoms. The number of nitrogens with zero attached hydrogens (tertiary/aromatic N) is 2. The molecule has 0 fully saturated rings. The number of aryl methyl sites for hydroxylation is 1. The highest BCUT2D eigenvalue weighted by atomic mass is 79.9. The minimum Gasteiger partial charge on any atom is -0.339 e. The zero-order chi connectivity index (χ0) is 12.2. The summed E-state index contributed by atoms with van der Waals surface area (Å²) in [7, 11) is -1.71. The first-order valence-electron chi connectivity index (χ1n) is 5.07. The second kappa shape index (κ2) is 5.79. The molecule has 0 saturated heterocycles. The van der Waals surface area contributed by atoms with Crippen molar-refractivity contribution in [3.63, 3.8) is 0 Å². The first-order chi connectivity index (χ1) is 7.45. The molecular formula is C9H16BrN3O2S. The van der Waals surface area contributed by atoms with Crippen molar-refractivity contribution < 1.29 is 8.42 Å². The van der Waals surface area contributed by atoms with Crippen molar-refractivity contribution in [3.05, 3.63) is 12.5 Å². The van der Waals surface area contributed by atoms with Gasteiger partial charge in [-0.25, -0.2) is 18.1 Å². The first kappa shape index (κ1) is 13.7. The van der Waals surface area contributed by atoms with Crippen LogP contribution in [-0.2, 0) is 17.1 Å². The molecule has 92 valence electrons. The molecule has 0 radical (unpaired) electrons. The van der Waals surface area contributed by atoms with E-state index in [4.69, 9.17) is 0 Å². The van der Waals surface area contributed by atoms with Crippen molar-refractivity contribution in [3.8, 4) is 0 Å². The van der Waals surface area contributed by atoms with Gasteiger partial charge < -0.3 is 4.57 Å². The molecule has 16 heavy (non-hydrogen) atoms. The van der Waals surface area contributed by atoms with E-state index in [1.807, 2.05) is 6.92 Å². The molecule has 1 aromatic rings. The number of rotatable bonds is 6. The van der Waals surface area contributed by atoms with Gasteiger partial charge in [-0.3, -0.25) is 0 Å². The van der Waals surface area contributed by atoms with Crippen molar-refractivity contribution in [1.29, 1.82) is 0 Å². The van der Waals surface area contributed by atoms with Gasteiger partial charge in [-0.15, -0.1) is 0 Å². The second-order valence-corrected chi connectivity index (χ2v) is 6.58. The van der Waals surface area contributed by atoms with Gasteiger partial charge in [0.15, 0.2) is 5.03 Å². The van der Waals surface area contributed by atoms with E-state index >= 15 is 0 Å². The Morgan fingerprint density at radius 2 is 2.31 bits per heavy atom. The number of aromatic nitrogens is 2. The summed E-state index contributed by atoms with van der Waals surface area (Å²) in [4.78, 5) is 4.15. The third-order valence-electron chi connectivity index (χ3n) is 2.15. The van der Waals surface area contributed by atoms with E-state index in [0.29, 0.717) is 11.4 Å². The van der Waals surface area contributed by atoms with Crippen LogP contribution in [0.15, 0.2) is 17.6 Å². The highest BCUT2D eigenvalue weighted by Gasteiger charge is 2.16. The molecule has 0 aromatic carbocycles. The fraction of sp³-hybridized carbons (Fsp3) is 0.667. The van der Waals surface area contributed by atoms with Gasteiger partial charge in [0.05, 0.1) is 6.33 Å². The van der Waals surface area contributed by atoms with Crippen LogP contribution in [0.4, 0.5) is 0 Å². The number of sulfonamides is 1. The maximum absolute atomic E-state index is 11.7. The lowest BCUT2D eigenvalue weighted by molar-refractivity contribution is 0.574. The Balaban J connectivity index is 2.53. The molecule has 0 amide bonds. The zero-order valence-electron chi connectivity index (χ0n) is 9.35.